The first-order valence-electron chi connectivity index (χ1n) is 24.1. The molecule has 3 heterocycles. The molecule has 1 radical (unpaired) electrons. The van der Waals surface area contributed by atoms with Crippen LogP contribution in [0.3, 0.4) is 0 Å². The van der Waals surface area contributed by atoms with E-state index in [4.69, 9.17) is 0 Å². The number of unbranched alkanes of at least 4 members (excludes halogenated alkanes) is 3. The summed E-state index contributed by atoms with van der Waals surface area (Å²) in [6.45, 7) is 43.9. The fraction of sp³-hybridized carbons (Fsp3) is 0.686. The average Bonchev–Trinajstić information content (AvgIpc) is 3.85. The van der Waals surface area contributed by atoms with Crippen molar-refractivity contribution in [2.75, 3.05) is 0 Å². The van der Waals surface area contributed by atoms with Gasteiger partial charge < -0.3 is 0 Å². The van der Waals surface area contributed by atoms with Gasteiger partial charge in [-0.05, 0) is 173 Å². The standard InChI is InChI=1S/2C14H26SSi2.C14H26Si2.C8H8Br2S.CH4.BHNS/c2*1-16(2,3)13-11-9-7-8-10-12(11)14(15-13)17(4,5)6;1-15(2,3)13-11-9-7-8-10-12-14-16(4,5)6;9-7-5-3-1-2-4-6(5)8(10)11-7;;1-2-3/h2*7-10H2,1-6H3;7-10H2,1-6H3;1-4H2;1H4;3H. The molecule has 0 aromatic carbocycles. The van der Waals surface area contributed by atoms with Gasteiger partial charge in [0.15, 0.2) is 0 Å². The maximum absolute atomic E-state index is 4.34. The van der Waals surface area contributed by atoms with E-state index in [0.29, 0.717) is 0 Å². The minimum atomic E-state index is -1.14. The topological polar surface area (TPSA) is 12.4 Å². The van der Waals surface area contributed by atoms with E-state index in [1.165, 1.54) is 97.5 Å². The molecule has 3 aromatic heterocycles. The van der Waals surface area contributed by atoms with Crippen LogP contribution < -0.4 is 18.0 Å². The zero-order valence-electron chi connectivity index (χ0n) is 43.8. The molecule has 0 unspecified atom stereocenters. The second-order valence-corrected chi connectivity index (χ2v) is 61.0. The zero-order valence-corrected chi connectivity index (χ0v) is 56.3. The van der Waals surface area contributed by atoms with E-state index in [-0.39, 0.29) is 7.43 Å². The molecule has 0 bridgehead atoms. The Hall–Kier alpha value is 0.696. The van der Waals surface area contributed by atoms with Crippen molar-refractivity contribution >= 4 is 153 Å². The van der Waals surface area contributed by atoms with Crippen LogP contribution >= 0.6 is 78.7 Å². The molecule has 1 nitrogen and oxygen atoms in total. The summed E-state index contributed by atoms with van der Waals surface area (Å²) in [5.74, 6) is 6.61. The third-order valence-corrected chi connectivity index (χ3v) is 32.7. The summed E-state index contributed by atoms with van der Waals surface area (Å²) in [5, 5.41) is 0. The summed E-state index contributed by atoms with van der Waals surface area (Å²) < 4.78 is 12.7. The van der Waals surface area contributed by atoms with E-state index in [1.54, 1.807) is 33.4 Å². The predicted octanol–water partition coefficient (Wildman–Crippen LogP) is 16.7. The van der Waals surface area contributed by atoms with Crippen LogP contribution in [0.1, 0.15) is 105 Å². The molecule has 0 atom stereocenters. The zero-order chi connectivity index (χ0) is 48.9. The van der Waals surface area contributed by atoms with Crippen LogP contribution in [0.4, 0.5) is 0 Å². The number of thiophene rings is 3. The molecule has 6 rings (SSSR count). The summed E-state index contributed by atoms with van der Waals surface area (Å²) >= 11 is 16.6. The van der Waals surface area contributed by atoms with Crippen molar-refractivity contribution in [1.29, 1.82) is 0 Å². The Balaban J connectivity index is 0.000000426. The van der Waals surface area contributed by atoms with E-state index in [9.17, 15) is 0 Å². The van der Waals surface area contributed by atoms with Gasteiger partial charge in [-0.15, -0.1) is 34.3 Å². The van der Waals surface area contributed by atoms with Crippen molar-refractivity contribution in [3.05, 3.63) is 41.0 Å². The van der Waals surface area contributed by atoms with Crippen LogP contribution in [-0.4, -0.2) is 56.1 Å². The molecule has 65 heavy (non-hydrogen) atoms. The molecule has 365 valence electrons. The molecular weight excluding hydrogens is 1090 g/mol. The third kappa shape index (κ3) is 22.3. The van der Waals surface area contributed by atoms with Gasteiger partial charge in [0, 0.05) is 12.8 Å². The van der Waals surface area contributed by atoms with Gasteiger partial charge in [-0.25, -0.2) is 0 Å². The Morgan fingerprint density at radius 1 is 0.446 bits per heavy atom. The van der Waals surface area contributed by atoms with E-state index in [1.807, 2.05) is 29.3 Å². The molecule has 0 aliphatic heterocycles. The molecule has 3 aromatic rings. The molecular formula is C51H91BBr2NS4Si6. The van der Waals surface area contributed by atoms with Crippen molar-refractivity contribution < 1.29 is 0 Å². The van der Waals surface area contributed by atoms with Crippen molar-refractivity contribution in [2.24, 2.45) is 4.30 Å². The van der Waals surface area contributed by atoms with Gasteiger partial charge in [0.1, 0.15) is 16.1 Å². The number of hydrogen-bond acceptors (Lipinski definition) is 5. The van der Waals surface area contributed by atoms with Crippen molar-refractivity contribution in [2.45, 2.75) is 228 Å². The summed E-state index contributed by atoms with van der Waals surface area (Å²) in [7, 11) is -2.46. The number of hydrogen-bond donors (Lipinski definition) is 1. The van der Waals surface area contributed by atoms with E-state index in [2.05, 4.69) is 220 Å². The Morgan fingerprint density at radius 3 is 0.862 bits per heavy atom. The molecule has 0 saturated heterocycles. The molecule has 0 fully saturated rings. The molecule has 14 heteroatoms. The fourth-order valence-electron chi connectivity index (χ4n) is 8.31. The summed E-state index contributed by atoms with van der Waals surface area (Å²) in [6.07, 6.45) is 20.9. The molecule has 0 amide bonds. The predicted molar refractivity (Wildman–Crippen MR) is 335 cm³/mol. The van der Waals surface area contributed by atoms with E-state index >= 15 is 0 Å². The first-order valence-corrected chi connectivity index (χ1v) is 49.6. The van der Waals surface area contributed by atoms with Crippen LogP contribution in [0.25, 0.3) is 0 Å². The van der Waals surface area contributed by atoms with Crippen LogP contribution in [0.15, 0.2) is 11.9 Å². The van der Waals surface area contributed by atoms with Gasteiger partial charge in [0.2, 0.25) is 0 Å². The monoisotopic (exact) mass is 1180 g/mol. The van der Waals surface area contributed by atoms with E-state index < -0.39 is 48.4 Å². The molecule has 0 N–H and O–H groups in total. The van der Waals surface area contributed by atoms with E-state index in [0.717, 1.165) is 12.8 Å². The average molecular weight is 1190 g/mol. The van der Waals surface area contributed by atoms with Crippen molar-refractivity contribution in [3.8, 4) is 22.9 Å². The normalized spacial score (nSPS) is 14.6. The Kier molecular flexibility index (Phi) is 27.5. The van der Waals surface area contributed by atoms with Gasteiger partial charge in [0.05, 0.1) is 39.9 Å². The summed E-state index contributed by atoms with van der Waals surface area (Å²) in [6, 6.07) is 0. The van der Waals surface area contributed by atoms with Gasteiger partial charge in [-0.1, -0.05) is 125 Å². The van der Waals surface area contributed by atoms with Crippen molar-refractivity contribution in [3.63, 3.8) is 0 Å². The molecule has 0 spiro atoms. The number of rotatable bonds is 7. The molecule has 3 aliphatic rings. The van der Waals surface area contributed by atoms with Gasteiger partial charge in [0.25, 0.3) is 0 Å². The van der Waals surface area contributed by atoms with Crippen LogP contribution in [0.5, 0.6) is 0 Å². The number of fused-ring (bicyclic) bond motifs is 3. The number of nitrogens with zero attached hydrogens (tertiary/aromatic N) is 1. The quantitative estimate of drug-likeness (QED) is 0.105. The first-order chi connectivity index (χ1) is 29.3. The van der Waals surface area contributed by atoms with Crippen LogP contribution in [0, 0.1) is 22.9 Å². The Morgan fingerprint density at radius 2 is 0.662 bits per heavy atom. The summed E-state index contributed by atoms with van der Waals surface area (Å²) in [4.78, 5) is 0. The number of halogens is 2. The third-order valence-electron chi connectivity index (χ3n) is 11.1. The van der Waals surface area contributed by atoms with Crippen LogP contribution in [0.2, 0.25) is 118 Å². The molecule has 3 aliphatic carbocycles. The Labute approximate surface area is 444 Å². The van der Waals surface area contributed by atoms with Crippen molar-refractivity contribution in [1.82, 2.24) is 0 Å². The minimum absolute atomic E-state index is 0. The second-order valence-electron chi connectivity index (χ2n) is 24.1. The second kappa shape index (κ2) is 28.1. The summed E-state index contributed by atoms with van der Waals surface area (Å²) in [5.41, 5.74) is 17.1. The fourth-order valence-corrected chi connectivity index (χ4v) is 26.2. The molecule has 0 saturated carbocycles. The van der Waals surface area contributed by atoms with Gasteiger partial charge in [-0.3, -0.25) is 0 Å². The van der Waals surface area contributed by atoms with Gasteiger partial charge in [-0.2, -0.15) is 22.7 Å². The van der Waals surface area contributed by atoms with Gasteiger partial charge >= 0.3 is 24.8 Å². The first kappa shape index (κ1) is 63.7. The SMILES string of the molecule is Brc1sc(Br)c2c1CCCC2.C.C[Si](C)(C)C#CCCCCC#C[Si](C)(C)C.C[Si](C)(C)c1sc([Si](C)(C)C)c2c1CCCC2.C[Si](C)(C)c1sc([Si](C)(C)C)c2c1CCCC2.[B]=NS. The number of thiol groups is 1. The van der Waals surface area contributed by atoms with Crippen LogP contribution in [-0.2, 0) is 38.5 Å². The Bertz CT molecular complexity index is 1860. The maximum atomic E-state index is 4.34.